The summed E-state index contributed by atoms with van der Waals surface area (Å²) in [4.78, 5) is 0. The van der Waals surface area contributed by atoms with Crippen LogP contribution in [0.1, 0.15) is 11.1 Å². The highest BCUT2D eigenvalue weighted by Crippen LogP contribution is 2.20. The molecule has 0 saturated heterocycles. The number of fused-ring (bicyclic) bond motifs is 1. The van der Waals surface area contributed by atoms with Crippen LogP contribution in [0.25, 0.3) is 11.0 Å². The largest absolute Gasteiger partial charge is 0.464 e. The number of para-hydroxylation sites is 1. The molecule has 0 aliphatic carbocycles. The van der Waals surface area contributed by atoms with E-state index in [4.69, 9.17) is 10.2 Å². The lowest BCUT2D eigenvalue weighted by Gasteiger charge is -2.04. The first-order valence-electron chi connectivity index (χ1n) is 6.83. The van der Waals surface area contributed by atoms with E-state index in [0.29, 0.717) is 0 Å². The first kappa shape index (κ1) is 12.8. The van der Waals surface area contributed by atoms with E-state index in [0.717, 1.165) is 30.8 Å². The van der Waals surface area contributed by atoms with Crippen LogP contribution in [0.4, 0.5) is 5.69 Å². The number of hydrogen-bond acceptors (Lipinski definition) is 3. The number of furan rings is 1. The third-order valence-corrected chi connectivity index (χ3v) is 3.44. The normalized spacial score (nSPS) is 11.0. The van der Waals surface area contributed by atoms with E-state index >= 15 is 0 Å². The van der Waals surface area contributed by atoms with Gasteiger partial charge in [-0.3, -0.25) is 0 Å². The van der Waals surface area contributed by atoms with E-state index in [1.165, 1.54) is 16.5 Å². The fourth-order valence-corrected chi connectivity index (χ4v) is 2.32. The summed E-state index contributed by atoms with van der Waals surface area (Å²) in [6.07, 6.45) is 2.82. The first-order chi connectivity index (χ1) is 9.83. The van der Waals surface area contributed by atoms with Gasteiger partial charge < -0.3 is 15.5 Å². The third-order valence-electron chi connectivity index (χ3n) is 3.44. The molecule has 3 nitrogen and oxygen atoms in total. The minimum atomic E-state index is 0.804. The van der Waals surface area contributed by atoms with Crippen LogP contribution in [0.2, 0.25) is 0 Å². The number of hydrogen-bond donors (Lipinski definition) is 2. The lowest BCUT2D eigenvalue weighted by molar-refractivity contribution is 0.606. The first-order valence-corrected chi connectivity index (χ1v) is 6.83. The Balaban J connectivity index is 1.54. The molecule has 2 aromatic carbocycles. The van der Waals surface area contributed by atoms with Gasteiger partial charge in [0, 0.05) is 17.6 Å². The second-order valence-corrected chi connectivity index (χ2v) is 4.93. The Hall–Kier alpha value is -2.26. The topological polar surface area (TPSA) is 51.2 Å². The maximum Gasteiger partial charge on any atom is 0.134 e. The van der Waals surface area contributed by atoms with E-state index in [1.807, 2.05) is 36.6 Å². The van der Waals surface area contributed by atoms with Gasteiger partial charge in [0.2, 0.25) is 0 Å². The zero-order valence-corrected chi connectivity index (χ0v) is 11.3. The molecule has 3 rings (SSSR count). The molecule has 0 aliphatic heterocycles. The SMILES string of the molecule is Nc1ccc(CNCCc2coc3ccccc23)cc1. The average molecular weight is 266 g/mol. The number of rotatable bonds is 5. The maximum absolute atomic E-state index is 5.67. The number of nitrogen functional groups attached to an aromatic ring is 1. The van der Waals surface area contributed by atoms with Crippen LogP contribution in [0.3, 0.4) is 0 Å². The van der Waals surface area contributed by atoms with Crippen LogP contribution in [0, 0.1) is 0 Å². The lowest BCUT2D eigenvalue weighted by atomic mass is 10.1. The highest BCUT2D eigenvalue weighted by molar-refractivity contribution is 5.80. The second kappa shape index (κ2) is 5.80. The standard InChI is InChI=1S/C17H18N2O/c18-15-7-5-13(6-8-15)11-19-10-9-14-12-20-17-4-2-1-3-16(14)17/h1-8,12,19H,9-11,18H2. The fraction of sp³-hybridized carbons (Fsp3) is 0.176. The van der Waals surface area contributed by atoms with Gasteiger partial charge >= 0.3 is 0 Å². The number of anilines is 1. The van der Waals surface area contributed by atoms with Crippen LogP contribution in [0.15, 0.2) is 59.2 Å². The van der Waals surface area contributed by atoms with Gasteiger partial charge in [0.1, 0.15) is 5.58 Å². The monoisotopic (exact) mass is 266 g/mol. The van der Waals surface area contributed by atoms with Gasteiger partial charge in [0.15, 0.2) is 0 Å². The summed E-state index contributed by atoms with van der Waals surface area (Å²) >= 11 is 0. The van der Waals surface area contributed by atoms with Crippen LogP contribution >= 0.6 is 0 Å². The molecule has 0 fully saturated rings. The van der Waals surface area contributed by atoms with E-state index in [9.17, 15) is 0 Å². The van der Waals surface area contributed by atoms with Gasteiger partial charge in [0.05, 0.1) is 6.26 Å². The van der Waals surface area contributed by atoms with Gasteiger partial charge in [0.25, 0.3) is 0 Å². The van der Waals surface area contributed by atoms with Gasteiger partial charge in [-0.2, -0.15) is 0 Å². The Morgan fingerprint density at radius 3 is 2.65 bits per heavy atom. The molecule has 1 heterocycles. The Bertz CT molecular complexity index is 686. The summed E-state index contributed by atoms with van der Waals surface area (Å²) in [5.74, 6) is 0. The summed E-state index contributed by atoms with van der Waals surface area (Å²) in [5.41, 5.74) is 9.93. The van der Waals surface area contributed by atoms with Gasteiger partial charge in [-0.15, -0.1) is 0 Å². The Morgan fingerprint density at radius 1 is 1.00 bits per heavy atom. The molecule has 102 valence electrons. The maximum atomic E-state index is 5.67. The minimum Gasteiger partial charge on any atom is -0.464 e. The van der Waals surface area contributed by atoms with E-state index in [2.05, 4.69) is 23.5 Å². The molecule has 0 spiro atoms. The predicted octanol–water partition coefficient (Wildman–Crippen LogP) is 3.35. The summed E-state index contributed by atoms with van der Waals surface area (Å²) < 4.78 is 5.54. The summed E-state index contributed by atoms with van der Waals surface area (Å²) in [5, 5.41) is 4.65. The predicted molar refractivity (Wildman–Crippen MR) is 82.5 cm³/mol. The van der Waals surface area contributed by atoms with Gasteiger partial charge in [-0.25, -0.2) is 0 Å². The number of benzene rings is 2. The Morgan fingerprint density at radius 2 is 1.80 bits per heavy atom. The summed E-state index contributed by atoms with van der Waals surface area (Å²) in [6.45, 7) is 1.78. The molecule has 0 bridgehead atoms. The molecular weight excluding hydrogens is 248 g/mol. The molecule has 0 saturated carbocycles. The van der Waals surface area contributed by atoms with Crippen LogP contribution in [-0.2, 0) is 13.0 Å². The second-order valence-electron chi connectivity index (χ2n) is 4.93. The zero-order chi connectivity index (χ0) is 13.8. The van der Waals surface area contributed by atoms with Crippen molar-refractivity contribution in [2.24, 2.45) is 0 Å². The molecule has 0 amide bonds. The van der Waals surface area contributed by atoms with Crippen LogP contribution in [-0.4, -0.2) is 6.54 Å². The van der Waals surface area contributed by atoms with Crippen molar-refractivity contribution < 1.29 is 4.42 Å². The number of nitrogens with one attached hydrogen (secondary N) is 1. The third kappa shape index (κ3) is 2.83. The van der Waals surface area contributed by atoms with Crippen molar-refractivity contribution in [2.75, 3.05) is 12.3 Å². The highest BCUT2D eigenvalue weighted by atomic mass is 16.3. The van der Waals surface area contributed by atoms with Crippen molar-refractivity contribution in [2.45, 2.75) is 13.0 Å². The van der Waals surface area contributed by atoms with Gasteiger partial charge in [-0.1, -0.05) is 30.3 Å². The molecule has 0 radical (unpaired) electrons. The zero-order valence-electron chi connectivity index (χ0n) is 11.3. The Labute approximate surface area is 118 Å². The van der Waals surface area contributed by atoms with E-state index in [1.54, 1.807) is 0 Å². The fourth-order valence-electron chi connectivity index (χ4n) is 2.32. The van der Waals surface area contributed by atoms with Crippen molar-refractivity contribution in [3.05, 3.63) is 65.9 Å². The quantitative estimate of drug-likeness (QED) is 0.550. The summed E-state index contributed by atoms with van der Waals surface area (Å²) in [7, 11) is 0. The van der Waals surface area contributed by atoms with Crippen molar-refractivity contribution in [3.63, 3.8) is 0 Å². The van der Waals surface area contributed by atoms with E-state index in [-0.39, 0.29) is 0 Å². The smallest absolute Gasteiger partial charge is 0.134 e. The molecule has 1 aromatic heterocycles. The highest BCUT2D eigenvalue weighted by Gasteiger charge is 2.04. The van der Waals surface area contributed by atoms with Crippen LogP contribution < -0.4 is 11.1 Å². The molecular formula is C17H18N2O. The molecule has 3 N–H and O–H groups in total. The van der Waals surface area contributed by atoms with Crippen molar-refractivity contribution in [1.82, 2.24) is 5.32 Å². The van der Waals surface area contributed by atoms with Gasteiger partial charge in [-0.05, 0) is 42.3 Å². The molecule has 0 unspecified atom stereocenters. The average Bonchev–Trinajstić information content (AvgIpc) is 2.89. The number of nitrogens with two attached hydrogens (primary N) is 1. The molecule has 3 heteroatoms. The van der Waals surface area contributed by atoms with Crippen LogP contribution in [0.5, 0.6) is 0 Å². The van der Waals surface area contributed by atoms with E-state index < -0.39 is 0 Å². The molecule has 0 atom stereocenters. The minimum absolute atomic E-state index is 0.804. The molecule has 20 heavy (non-hydrogen) atoms. The van der Waals surface area contributed by atoms with Crippen molar-refractivity contribution >= 4 is 16.7 Å². The summed E-state index contributed by atoms with van der Waals surface area (Å²) in [6, 6.07) is 16.1. The Kier molecular flexibility index (Phi) is 3.70. The molecule has 3 aromatic rings. The molecule has 0 aliphatic rings. The van der Waals surface area contributed by atoms with Crippen molar-refractivity contribution in [1.29, 1.82) is 0 Å². The van der Waals surface area contributed by atoms with Crippen molar-refractivity contribution in [3.8, 4) is 0 Å². The lowest BCUT2D eigenvalue weighted by Crippen LogP contribution is -2.16.